The number of aromatic nitrogens is 3. The standard InChI is InChI=1S/C24H31N5OS/c1-5-6-7-17-8-14-20(15-9-17)26-21(30)16-31-23-28-27-22(29(23)25)18-10-12-19(13-11-18)24(2,3)4/h8-15H,5-7,16,25H2,1-4H3,(H,26,30). The highest BCUT2D eigenvalue weighted by atomic mass is 32.2. The van der Waals surface area contributed by atoms with Crippen molar-refractivity contribution < 1.29 is 4.79 Å². The van der Waals surface area contributed by atoms with Crippen molar-refractivity contribution in [2.24, 2.45) is 0 Å². The zero-order chi connectivity index (χ0) is 22.4. The van der Waals surface area contributed by atoms with E-state index in [0.717, 1.165) is 17.7 Å². The maximum absolute atomic E-state index is 12.3. The van der Waals surface area contributed by atoms with E-state index in [9.17, 15) is 4.79 Å². The average molecular weight is 438 g/mol. The lowest BCUT2D eigenvalue weighted by Gasteiger charge is -2.19. The van der Waals surface area contributed by atoms with Crippen molar-refractivity contribution in [2.45, 2.75) is 57.5 Å². The first-order valence-electron chi connectivity index (χ1n) is 10.6. The molecule has 0 bridgehead atoms. The van der Waals surface area contributed by atoms with E-state index in [2.05, 4.69) is 67.5 Å². The molecule has 0 fully saturated rings. The predicted molar refractivity (Wildman–Crippen MR) is 129 cm³/mol. The first kappa shape index (κ1) is 22.9. The van der Waals surface area contributed by atoms with Gasteiger partial charge in [-0.05, 0) is 41.5 Å². The lowest BCUT2D eigenvalue weighted by atomic mass is 9.87. The Bertz CT molecular complexity index is 1000. The molecular formula is C24H31N5OS. The number of rotatable bonds is 8. The number of thioether (sulfide) groups is 1. The van der Waals surface area contributed by atoms with Crippen LogP contribution >= 0.6 is 11.8 Å². The summed E-state index contributed by atoms with van der Waals surface area (Å²) in [6.07, 6.45) is 3.41. The lowest BCUT2D eigenvalue weighted by Crippen LogP contribution is -2.16. The number of anilines is 1. The number of nitrogens with zero attached hydrogens (tertiary/aromatic N) is 3. The monoisotopic (exact) mass is 437 g/mol. The van der Waals surface area contributed by atoms with Gasteiger partial charge in [0.1, 0.15) is 0 Å². The van der Waals surface area contributed by atoms with E-state index in [1.807, 2.05) is 24.3 Å². The number of benzene rings is 2. The minimum Gasteiger partial charge on any atom is -0.335 e. The Morgan fingerprint density at radius 2 is 1.74 bits per heavy atom. The molecule has 1 heterocycles. The number of carbonyl (C=O) groups excluding carboxylic acids is 1. The summed E-state index contributed by atoms with van der Waals surface area (Å²) in [5.74, 6) is 6.87. The van der Waals surface area contributed by atoms with Crippen LogP contribution in [0.5, 0.6) is 0 Å². The number of nitrogens with two attached hydrogens (primary N) is 1. The summed E-state index contributed by atoms with van der Waals surface area (Å²) in [4.78, 5) is 12.3. The molecule has 3 rings (SSSR count). The van der Waals surface area contributed by atoms with E-state index >= 15 is 0 Å². The van der Waals surface area contributed by atoms with Gasteiger partial charge in [0, 0.05) is 11.3 Å². The van der Waals surface area contributed by atoms with Gasteiger partial charge in [-0.1, -0.05) is 82.3 Å². The number of aryl methyl sites for hydroxylation is 1. The van der Waals surface area contributed by atoms with E-state index in [1.54, 1.807) is 0 Å². The highest BCUT2D eigenvalue weighted by Crippen LogP contribution is 2.26. The number of unbranched alkanes of at least 4 members (excludes halogenated alkanes) is 1. The summed E-state index contributed by atoms with van der Waals surface area (Å²) in [5.41, 5.74) is 4.29. The van der Waals surface area contributed by atoms with E-state index in [-0.39, 0.29) is 17.1 Å². The molecule has 0 spiro atoms. The normalized spacial score (nSPS) is 11.5. The van der Waals surface area contributed by atoms with Crippen LogP contribution in [0.4, 0.5) is 5.69 Å². The van der Waals surface area contributed by atoms with Crippen molar-refractivity contribution in [3.63, 3.8) is 0 Å². The molecule has 0 aliphatic heterocycles. The quantitative estimate of drug-likeness (QED) is 0.381. The van der Waals surface area contributed by atoms with Crippen LogP contribution < -0.4 is 11.2 Å². The summed E-state index contributed by atoms with van der Waals surface area (Å²) in [5, 5.41) is 11.8. The van der Waals surface area contributed by atoms with Gasteiger partial charge < -0.3 is 11.2 Å². The second kappa shape index (κ2) is 10.0. The van der Waals surface area contributed by atoms with Gasteiger partial charge in [-0.15, -0.1) is 10.2 Å². The maximum atomic E-state index is 12.3. The minimum absolute atomic E-state index is 0.0825. The molecule has 0 aliphatic carbocycles. The molecular weight excluding hydrogens is 406 g/mol. The summed E-state index contributed by atoms with van der Waals surface area (Å²) in [7, 11) is 0. The number of hydrogen-bond acceptors (Lipinski definition) is 5. The number of nitrogens with one attached hydrogen (secondary N) is 1. The van der Waals surface area contributed by atoms with Gasteiger partial charge in [-0.3, -0.25) is 4.79 Å². The molecule has 0 atom stereocenters. The van der Waals surface area contributed by atoms with Gasteiger partial charge in [0.05, 0.1) is 5.75 Å². The lowest BCUT2D eigenvalue weighted by molar-refractivity contribution is -0.113. The second-order valence-electron chi connectivity index (χ2n) is 8.64. The molecule has 31 heavy (non-hydrogen) atoms. The van der Waals surface area contributed by atoms with E-state index in [1.165, 1.54) is 40.4 Å². The van der Waals surface area contributed by atoms with Gasteiger partial charge in [0.25, 0.3) is 0 Å². The largest absolute Gasteiger partial charge is 0.335 e. The molecule has 0 aliphatic rings. The third-order valence-corrected chi connectivity index (χ3v) is 6.01. The van der Waals surface area contributed by atoms with Crippen LogP contribution in [0.2, 0.25) is 0 Å². The predicted octanol–water partition coefficient (Wildman–Crippen LogP) is 5.03. The van der Waals surface area contributed by atoms with Crippen LogP contribution in [0.25, 0.3) is 11.4 Å². The summed E-state index contributed by atoms with van der Waals surface area (Å²) < 4.78 is 1.44. The molecule has 3 N–H and O–H groups in total. The molecule has 7 heteroatoms. The van der Waals surface area contributed by atoms with Crippen LogP contribution in [-0.2, 0) is 16.6 Å². The van der Waals surface area contributed by atoms with Crippen LogP contribution in [0, 0.1) is 0 Å². The van der Waals surface area contributed by atoms with E-state index in [0.29, 0.717) is 11.0 Å². The van der Waals surface area contributed by atoms with E-state index < -0.39 is 0 Å². The molecule has 1 aromatic heterocycles. The maximum Gasteiger partial charge on any atom is 0.234 e. The van der Waals surface area contributed by atoms with Crippen LogP contribution in [-0.4, -0.2) is 26.5 Å². The van der Waals surface area contributed by atoms with Crippen LogP contribution in [0.3, 0.4) is 0 Å². The molecule has 2 aromatic carbocycles. The van der Waals surface area contributed by atoms with Crippen molar-refractivity contribution in [3.05, 3.63) is 59.7 Å². The molecule has 3 aromatic rings. The average Bonchev–Trinajstić information content (AvgIpc) is 3.11. The number of amides is 1. The van der Waals surface area contributed by atoms with Crippen molar-refractivity contribution >= 4 is 23.4 Å². The van der Waals surface area contributed by atoms with Gasteiger partial charge in [-0.2, -0.15) is 0 Å². The third kappa shape index (κ3) is 6.10. The SMILES string of the molecule is CCCCc1ccc(NC(=O)CSc2nnc(-c3ccc(C(C)(C)C)cc3)n2N)cc1. The smallest absolute Gasteiger partial charge is 0.234 e. The molecule has 6 nitrogen and oxygen atoms in total. The van der Waals surface area contributed by atoms with E-state index in [4.69, 9.17) is 5.84 Å². The zero-order valence-corrected chi connectivity index (χ0v) is 19.5. The van der Waals surface area contributed by atoms with Crippen molar-refractivity contribution in [1.29, 1.82) is 0 Å². The van der Waals surface area contributed by atoms with Gasteiger partial charge in [0.2, 0.25) is 11.1 Å². The van der Waals surface area contributed by atoms with Crippen LogP contribution in [0.1, 0.15) is 51.7 Å². The van der Waals surface area contributed by atoms with Crippen LogP contribution in [0.15, 0.2) is 53.7 Å². The molecule has 0 unspecified atom stereocenters. The Morgan fingerprint density at radius 1 is 1.06 bits per heavy atom. The van der Waals surface area contributed by atoms with Gasteiger partial charge >= 0.3 is 0 Å². The second-order valence-corrected chi connectivity index (χ2v) is 9.58. The first-order chi connectivity index (χ1) is 14.8. The minimum atomic E-state index is -0.106. The molecule has 164 valence electrons. The Morgan fingerprint density at radius 3 is 2.35 bits per heavy atom. The number of nitrogen functional groups attached to an aromatic ring is 1. The number of carbonyl (C=O) groups is 1. The van der Waals surface area contributed by atoms with Gasteiger partial charge in [0.15, 0.2) is 5.82 Å². The van der Waals surface area contributed by atoms with Crippen molar-refractivity contribution in [1.82, 2.24) is 14.9 Å². The van der Waals surface area contributed by atoms with Gasteiger partial charge in [-0.25, -0.2) is 4.68 Å². The fraction of sp³-hybridized carbons (Fsp3) is 0.375. The fourth-order valence-electron chi connectivity index (χ4n) is 3.15. The number of hydrogen-bond donors (Lipinski definition) is 2. The molecule has 0 saturated heterocycles. The Kier molecular flexibility index (Phi) is 7.38. The first-order valence-corrected chi connectivity index (χ1v) is 11.6. The summed E-state index contributed by atoms with van der Waals surface area (Å²) in [6, 6.07) is 16.2. The van der Waals surface area contributed by atoms with Crippen molar-refractivity contribution in [2.75, 3.05) is 16.9 Å². The molecule has 1 amide bonds. The molecule has 0 radical (unpaired) electrons. The Labute approximate surface area is 188 Å². The zero-order valence-electron chi connectivity index (χ0n) is 18.7. The highest BCUT2D eigenvalue weighted by Gasteiger charge is 2.16. The topological polar surface area (TPSA) is 85.8 Å². The fourth-order valence-corrected chi connectivity index (χ4v) is 3.81. The molecule has 0 saturated carbocycles. The summed E-state index contributed by atoms with van der Waals surface area (Å²) in [6.45, 7) is 8.70. The Hall–Kier alpha value is -2.80. The third-order valence-electron chi connectivity index (χ3n) is 5.06. The van der Waals surface area contributed by atoms with Crippen molar-refractivity contribution in [3.8, 4) is 11.4 Å². The Balaban J connectivity index is 1.57. The summed E-state index contributed by atoms with van der Waals surface area (Å²) >= 11 is 1.26. The highest BCUT2D eigenvalue weighted by molar-refractivity contribution is 7.99.